The zero-order valence-corrected chi connectivity index (χ0v) is 14.5. The molecule has 1 atom stereocenters. The van der Waals surface area contributed by atoms with Gasteiger partial charge >= 0.3 is 6.18 Å². The summed E-state index contributed by atoms with van der Waals surface area (Å²) in [5.74, 6) is -1.82. The molecule has 0 bridgehead atoms. The Bertz CT molecular complexity index is 697. The van der Waals surface area contributed by atoms with Crippen molar-refractivity contribution in [2.24, 2.45) is 5.92 Å². The molecule has 138 valence electrons. The van der Waals surface area contributed by atoms with Crippen LogP contribution in [0.25, 0.3) is 10.6 Å². The molecule has 2 rings (SSSR count). The lowest BCUT2D eigenvalue weighted by Gasteiger charge is -2.14. The molecular weight excluding hydrogens is 355 g/mol. The van der Waals surface area contributed by atoms with Crippen LogP contribution in [-0.4, -0.2) is 27.1 Å². The first kappa shape index (κ1) is 19.5. The molecule has 0 aliphatic rings. The van der Waals surface area contributed by atoms with Crippen molar-refractivity contribution in [3.63, 3.8) is 0 Å². The predicted octanol–water partition coefficient (Wildman–Crippen LogP) is 4.49. The van der Waals surface area contributed by atoms with Gasteiger partial charge in [-0.1, -0.05) is 19.8 Å². The summed E-state index contributed by atoms with van der Waals surface area (Å²) in [5.41, 5.74) is 2.30. The van der Waals surface area contributed by atoms with E-state index in [9.17, 15) is 18.0 Å². The summed E-state index contributed by atoms with van der Waals surface area (Å²) in [6, 6.07) is 5.17. The van der Waals surface area contributed by atoms with Crippen molar-refractivity contribution in [3.05, 3.63) is 29.3 Å². The summed E-state index contributed by atoms with van der Waals surface area (Å²) < 4.78 is 39.0. The summed E-state index contributed by atoms with van der Waals surface area (Å²) in [6.07, 6.45) is -0.135. The first-order valence-corrected chi connectivity index (χ1v) is 8.77. The van der Waals surface area contributed by atoms with Gasteiger partial charge in [0.05, 0.1) is 15.7 Å². The zero-order chi connectivity index (χ0) is 18.4. The van der Waals surface area contributed by atoms with Gasteiger partial charge in [0, 0.05) is 12.7 Å². The second kappa shape index (κ2) is 8.48. The molecule has 25 heavy (non-hydrogen) atoms. The highest BCUT2D eigenvalue weighted by Gasteiger charge is 2.34. The van der Waals surface area contributed by atoms with Gasteiger partial charge in [0.25, 0.3) is 5.91 Å². The van der Waals surface area contributed by atoms with Gasteiger partial charge in [-0.15, -0.1) is 11.3 Å². The van der Waals surface area contributed by atoms with Crippen molar-refractivity contribution < 1.29 is 23.2 Å². The minimum absolute atomic E-state index is 0.152. The Morgan fingerprint density at radius 1 is 1.32 bits per heavy atom. The van der Waals surface area contributed by atoms with Crippen LogP contribution in [0.15, 0.2) is 24.4 Å². The molecule has 0 aliphatic carbocycles. The van der Waals surface area contributed by atoms with Gasteiger partial charge in [-0.3, -0.25) is 14.7 Å². The molecule has 2 heterocycles. The van der Waals surface area contributed by atoms with Crippen LogP contribution in [0.2, 0.25) is 0 Å². The normalized spacial score (nSPS) is 13.0. The fraction of sp³-hybridized carbons (Fsp3) is 0.500. The van der Waals surface area contributed by atoms with E-state index in [1.165, 1.54) is 18.3 Å². The Balaban J connectivity index is 1.78. The molecular formula is C16H20F3N3O2S. The maximum absolute atomic E-state index is 12.4. The highest BCUT2D eigenvalue weighted by molar-refractivity contribution is 7.17. The molecule has 0 radical (unpaired) electrons. The molecule has 0 aromatic carbocycles. The largest absolute Gasteiger partial charge is 0.391 e. The number of rotatable bonds is 8. The average molecular weight is 375 g/mol. The number of unbranched alkanes of at least 4 members (excludes halogenated alkanes) is 2. The van der Waals surface area contributed by atoms with E-state index < -0.39 is 18.0 Å². The fourth-order valence-corrected chi connectivity index (χ4v) is 3.20. The third-order valence-corrected chi connectivity index (χ3v) is 5.01. The minimum atomic E-state index is -4.11. The number of hydrogen-bond donors (Lipinski definition) is 2. The van der Waals surface area contributed by atoms with E-state index in [-0.39, 0.29) is 6.42 Å². The highest BCUT2D eigenvalue weighted by atomic mass is 32.1. The number of amides is 1. The van der Waals surface area contributed by atoms with E-state index >= 15 is 0 Å². The molecule has 2 aromatic rings. The van der Waals surface area contributed by atoms with Crippen LogP contribution >= 0.6 is 11.3 Å². The van der Waals surface area contributed by atoms with Crippen molar-refractivity contribution in [1.29, 1.82) is 0 Å². The number of aromatic nitrogens is 2. The van der Waals surface area contributed by atoms with Crippen LogP contribution in [0.3, 0.4) is 0 Å². The Hall–Kier alpha value is -1.87. The summed E-state index contributed by atoms with van der Waals surface area (Å²) in [7, 11) is 0. The lowest BCUT2D eigenvalue weighted by molar-refractivity contribution is -0.171. The Morgan fingerprint density at radius 2 is 2.08 bits per heavy atom. The smallest absolute Gasteiger partial charge is 0.288 e. The number of aryl methyl sites for hydroxylation is 1. The molecule has 0 saturated heterocycles. The minimum Gasteiger partial charge on any atom is -0.288 e. The summed E-state index contributed by atoms with van der Waals surface area (Å²) >= 11 is 1.22. The summed E-state index contributed by atoms with van der Waals surface area (Å²) in [5, 5.41) is 13.0. The van der Waals surface area contributed by atoms with Gasteiger partial charge in [0.2, 0.25) is 0 Å². The number of carbonyl (C=O) groups excluding carboxylic acids is 1. The van der Waals surface area contributed by atoms with E-state index in [4.69, 9.17) is 5.21 Å². The van der Waals surface area contributed by atoms with Crippen LogP contribution in [0.1, 0.15) is 42.3 Å². The first-order valence-electron chi connectivity index (χ1n) is 7.96. The van der Waals surface area contributed by atoms with Crippen LogP contribution in [-0.2, 0) is 6.54 Å². The van der Waals surface area contributed by atoms with E-state index in [1.807, 2.05) is 6.07 Å². The van der Waals surface area contributed by atoms with Gasteiger partial charge < -0.3 is 0 Å². The molecule has 0 fully saturated rings. The van der Waals surface area contributed by atoms with Crippen LogP contribution in [0.5, 0.6) is 0 Å². The number of halogens is 3. The van der Waals surface area contributed by atoms with Gasteiger partial charge in [-0.2, -0.15) is 18.3 Å². The number of nitrogens with zero attached hydrogens (tertiary/aromatic N) is 2. The molecule has 2 N–H and O–H groups in total. The van der Waals surface area contributed by atoms with Crippen LogP contribution in [0.4, 0.5) is 13.2 Å². The number of carbonyl (C=O) groups is 1. The summed E-state index contributed by atoms with van der Waals surface area (Å²) in [4.78, 5) is 12.5. The van der Waals surface area contributed by atoms with Crippen LogP contribution in [0, 0.1) is 5.92 Å². The SMILES string of the molecule is CC(CCCCCn1ccc(-c2ccc(C(=O)NO)s2)n1)C(F)(F)F. The van der Waals surface area contributed by atoms with Crippen molar-refractivity contribution in [2.75, 3.05) is 0 Å². The fourth-order valence-electron chi connectivity index (χ4n) is 2.34. The van der Waals surface area contributed by atoms with Crippen molar-refractivity contribution in [2.45, 2.75) is 45.3 Å². The van der Waals surface area contributed by atoms with E-state index in [2.05, 4.69) is 5.10 Å². The van der Waals surface area contributed by atoms with E-state index in [0.717, 1.165) is 17.7 Å². The molecule has 0 spiro atoms. The average Bonchev–Trinajstić information content (AvgIpc) is 3.21. The number of thiophene rings is 1. The Labute approximate surface area is 147 Å². The third kappa shape index (κ3) is 5.57. The number of nitrogens with one attached hydrogen (secondary N) is 1. The van der Waals surface area contributed by atoms with Gasteiger partial charge in [-0.25, -0.2) is 5.48 Å². The maximum atomic E-state index is 12.4. The highest BCUT2D eigenvalue weighted by Crippen LogP contribution is 2.30. The molecule has 1 amide bonds. The predicted molar refractivity (Wildman–Crippen MR) is 88.5 cm³/mol. The van der Waals surface area contributed by atoms with Crippen molar-refractivity contribution in [3.8, 4) is 10.6 Å². The molecule has 0 aliphatic heterocycles. The lowest BCUT2D eigenvalue weighted by atomic mass is 10.0. The number of hydrogen-bond acceptors (Lipinski definition) is 4. The topological polar surface area (TPSA) is 67.2 Å². The van der Waals surface area contributed by atoms with E-state index in [0.29, 0.717) is 23.5 Å². The van der Waals surface area contributed by atoms with Crippen LogP contribution < -0.4 is 5.48 Å². The monoisotopic (exact) mass is 375 g/mol. The molecule has 0 saturated carbocycles. The zero-order valence-electron chi connectivity index (χ0n) is 13.7. The first-order chi connectivity index (χ1) is 11.8. The lowest BCUT2D eigenvalue weighted by Crippen LogP contribution is -2.19. The number of alkyl halides is 3. The van der Waals surface area contributed by atoms with Crippen molar-refractivity contribution in [1.82, 2.24) is 15.3 Å². The Morgan fingerprint density at radius 3 is 2.76 bits per heavy atom. The Kier molecular flexibility index (Phi) is 6.60. The van der Waals surface area contributed by atoms with Crippen molar-refractivity contribution >= 4 is 17.2 Å². The standard InChI is InChI=1S/C16H20F3N3O2S/c1-11(16(17,18)19)5-3-2-4-9-22-10-8-12(20-22)13-6-7-14(25-13)15(23)21-24/h6-8,10-11,24H,2-5,9H2,1H3,(H,21,23). The van der Waals surface area contributed by atoms with Gasteiger partial charge in [-0.05, 0) is 31.0 Å². The second-order valence-corrected chi connectivity index (χ2v) is 6.94. The summed E-state index contributed by atoms with van der Waals surface area (Å²) in [6.45, 7) is 1.85. The molecule has 1 unspecified atom stereocenters. The molecule has 9 heteroatoms. The number of hydroxylamine groups is 1. The maximum Gasteiger partial charge on any atom is 0.391 e. The molecule has 2 aromatic heterocycles. The molecule has 5 nitrogen and oxygen atoms in total. The van der Waals surface area contributed by atoms with E-state index in [1.54, 1.807) is 28.5 Å². The second-order valence-electron chi connectivity index (χ2n) is 5.86. The van der Waals surface area contributed by atoms with Gasteiger partial charge in [0.1, 0.15) is 5.69 Å². The van der Waals surface area contributed by atoms with Gasteiger partial charge in [0.15, 0.2) is 0 Å². The quantitative estimate of drug-likeness (QED) is 0.406. The third-order valence-electron chi connectivity index (χ3n) is 3.91.